The van der Waals surface area contributed by atoms with E-state index in [1.54, 1.807) is 30.3 Å². The predicted molar refractivity (Wildman–Crippen MR) is 89.1 cm³/mol. The molecule has 2 aromatic carbocycles. The fourth-order valence-corrected chi connectivity index (χ4v) is 2.12. The van der Waals surface area contributed by atoms with Crippen molar-refractivity contribution in [3.05, 3.63) is 63.6 Å². The molecule has 2 aromatic rings. The summed E-state index contributed by atoms with van der Waals surface area (Å²) in [7, 11) is 0. The molecule has 3 nitrogen and oxygen atoms in total. The Morgan fingerprint density at radius 1 is 1.18 bits per heavy atom. The summed E-state index contributed by atoms with van der Waals surface area (Å²) in [6.45, 7) is 2.28. The molecule has 114 valence electrons. The number of phenols is 1. The molecule has 0 aliphatic rings. The van der Waals surface area contributed by atoms with Gasteiger partial charge in [0.2, 0.25) is 0 Å². The summed E-state index contributed by atoms with van der Waals surface area (Å²) in [6, 6.07) is 9.60. The lowest BCUT2D eigenvalue weighted by molar-refractivity contribution is 0.104. The SMILES string of the molecule is CCOc1cc(C=CC(=O)c2ccc(Cl)c(Cl)c2)ccc1O. The Morgan fingerprint density at radius 2 is 1.95 bits per heavy atom. The lowest BCUT2D eigenvalue weighted by atomic mass is 10.1. The summed E-state index contributed by atoms with van der Waals surface area (Å²) in [4.78, 5) is 12.1. The van der Waals surface area contributed by atoms with Gasteiger partial charge in [-0.2, -0.15) is 0 Å². The van der Waals surface area contributed by atoms with Crippen molar-refractivity contribution in [3.8, 4) is 11.5 Å². The number of allylic oxidation sites excluding steroid dienone is 1. The Kier molecular flexibility index (Phi) is 5.47. The number of carbonyl (C=O) groups excluding carboxylic acids is 1. The monoisotopic (exact) mass is 336 g/mol. The predicted octanol–water partition coefficient (Wildman–Crippen LogP) is 4.99. The van der Waals surface area contributed by atoms with Crippen LogP contribution in [0, 0.1) is 0 Å². The molecule has 22 heavy (non-hydrogen) atoms. The first-order valence-corrected chi connectivity index (χ1v) is 7.40. The number of halogens is 2. The maximum absolute atomic E-state index is 12.1. The second-order valence-electron chi connectivity index (χ2n) is 4.49. The number of ketones is 1. The van der Waals surface area contributed by atoms with Gasteiger partial charge in [-0.15, -0.1) is 0 Å². The normalized spacial score (nSPS) is 10.9. The van der Waals surface area contributed by atoms with Gasteiger partial charge in [0.1, 0.15) is 0 Å². The molecule has 0 aliphatic heterocycles. The summed E-state index contributed by atoms with van der Waals surface area (Å²) in [5, 5.41) is 10.4. The van der Waals surface area contributed by atoms with Crippen molar-refractivity contribution in [2.45, 2.75) is 6.92 Å². The fourth-order valence-electron chi connectivity index (χ4n) is 1.82. The third-order valence-corrected chi connectivity index (χ3v) is 3.65. The minimum atomic E-state index is -0.190. The van der Waals surface area contributed by atoms with Crippen LogP contribution in [0.15, 0.2) is 42.5 Å². The Hall–Kier alpha value is -1.97. The third-order valence-electron chi connectivity index (χ3n) is 2.91. The highest BCUT2D eigenvalue weighted by Crippen LogP contribution is 2.27. The molecule has 0 amide bonds. The number of benzene rings is 2. The minimum absolute atomic E-state index is 0.0646. The van der Waals surface area contributed by atoms with Gasteiger partial charge in [-0.3, -0.25) is 4.79 Å². The van der Waals surface area contributed by atoms with E-state index in [9.17, 15) is 9.90 Å². The molecule has 0 saturated carbocycles. The van der Waals surface area contributed by atoms with Crippen LogP contribution in [0.2, 0.25) is 10.0 Å². The molecule has 0 bridgehead atoms. The summed E-state index contributed by atoms with van der Waals surface area (Å²) in [5.41, 5.74) is 1.20. The molecule has 0 radical (unpaired) electrons. The number of aromatic hydroxyl groups is 1. The molecule has 0 atom stereocenters. The van der Waals surface area contributed by atoms with E-state index in [1.165, 1.54) is 18.2 Å². The first kappa shape index (κ1) is 16.4. The zero-order chi connectivity index (χ0) is 16.1. The van der Waals surface area contributed by atoms with Crippen molar-refractivity contribution in [2.24, 2.45) is 0 Å². The van der Waals surface area contributed by atoms with Crippen LogP contribution in [0.5, 0.6) is 11.5 Å². The van der Waals surface area contributed by atoms with Crippen molar-refractivity contribution < 1.29 is 14.6 Å². The van der Waals surface area contributed by atoms with E-state index in [4.69, 9.17) is 27.9 Å². The van der Waals surface area contributed by atoms with Gasteiger partial charge in [0, 0.05) is 5.56 Å². The summed E-state index contributed by atoms with van der Waals surface area (Å²) >= 11 is 11.7. The van der Waals surface area contributed by atoms with Gasteiger partial charge in [-0.25, -0.2) is 0 Å². The quantitative estimate of drug-likeness (QED) is 0.617. The zero-order valence-corrected chi connectivity index (χ0v) is 13.4. The number of phenolic OH excluding ortho intramolecular Hbond substituents is 1. The molecule has 0 aromatic heterocycles. The molecule has 0 heterocycles. The molecule has 0 fully saturated rings. The maximum Gasteiger partial charge on any atom is 0.185 e. The van der Waals surface area contributed by atoms with Crippen molar-refractivity contribution in [3.63, 3.8) is 0 Å². The first-order valence-electron chi connectivity index (χ1n) is 6.64. The van der Waals surface area contributed by atoms with Crippen molar-refractivity contribution in [1.29, 1.82) is 0 Å². The molecule has 0 aliphatic carbocycles. The number of hydrogen-bond donors (Lipinski definition) is 1. The zero-order valence-electron chi connectivity index (χ0n) is 11.8. The molecule has 0 unspecified atom stereocenters. The number of rotatable bonds is 5. The Balaban J connectivity index is 2.18. The molecule has 1 N–H and O–H groups in total. The Bertz CT molecular complexity index is 724. The summed E-state index contributed by atoms with van der Waals surface area (Å²) in [5.74, 6) is 0.256. The highest BCUT2D eigenvalue weighted by Gasteiger charge is 2.06. The van der Waals surface area contributed by atoms with E-state index in [-0.39, 0.29) is 11.5 Å². The van der Waals surface area contributed by atoms with Crippen LogP contribution < -0.4 is 4.74 Å². The number of carbonyl (C=O) groups is 1. The van der Waals surface area contributed by atoms with Crippen LogP contribution in [-0.2, 0) is 0 Å². The van der Waals surface area contributed by atoms with Crippen molar-refractivity contribution >= 4 is 35.1 Å². The average Bonchev–Trinajstić information content (AvgIpc) is 2.50. The third kappa shape index (κ3) is 4.03. The largest absolute Gasteiger partial charge is 0.504 e. The van der Waals surface area contributed by atoms with Crippen LogP contribution in [0.4, 0.5) is 0 Å². The van der Waals surface area contributed by atoms with E-state index < -0.39 is 0 Å². The van der Waals surface area contributed by atoms with Crippen LogP contribution in [0.1, 0.15) is 22.8 Å². The van der Waals surface area contributed by atoms with Gasteiger partial charge < -0.3 is 9.84 Å². The summed E-state index contributed by atoms with van der Waals surface area (Å²) < 4.78 is 5.30. The number of hydrogen-bond acceptors (Lipinski definition) is 3. The summed E-state index contributed by atoms with van der Waals surface area (Å²) in [6.07, 6.45) is 3.08. The van der Waals surface area contributed by atoms with Crippen LogP contribution in [-0.4, -0.2) is 17.5 Å². The molecule has 5 heteroatoms. The highest BCUT2D eigenvalue weighted by atomic mass is 35.5. The lowest BCUT2D eigenvalue weighted by Gasteiger charge is -2.06. The van der Waals surface area contributed by atoms with Crippen molar-refractivity contribution in [1.82, 2.24) is 0 Å². The smallest absolute Gasteiger partial charge is 0.185 e. The Labute approximate surface area is 138 Å². The Morgan fingerprint density at radius 3 is 2.64 bits per heavy atom. The lowest BCUT2D eigenvalue weighted by Crippen LogP contribution is -1.94. The van der Waals surface area contributed by atoms with Gasteiger partial charge in [0.05, 0.1) is 16.7 Å². The van der Waals surface area contributed by atoms with Gasteiger partial charge in [-0.1, -0.05) is 35.3 Å². The van der Waals surface area contributed by atoms with Gasteiger partial charge in [0.25, 0.3) is 0 Å². The van der Waals surface area contributed by atoms with Crippen LogP contribution in [0.25, 0.3) is 6.08 Å². The van der Waals surface area contributed by atoms with E-state index in [0.29, 0.717) is 28.0 Å². The molecule has 0 spiro atoms. The topological polar surface area (TPSA) is 46.5 Å². The van der Waals surface area contributed by atoms with Crippen LogP contribution in [0.3, 0.4) is 0 Å². The minimum Gasteiger partial charge on any atom is -0.504 e. The molecule has 2 rings (SSSR count). The fraction of sp³-hybridized carbons (Fsp3) is 0.118. The molecule has 0 saturated heterocycles. The average molecular weight is 337 g/mol. The van der Waals surface area contributed by atoms with E-state index >= 15 is 0 Å². The van der Waals surface area contributed by atoms with E-state index in [1.807, 2.05) is 6.92 Å². The second-order valence-corrected chi connectivity index (χ2v) is 5.30. The molecular weight excluding hydrogens is 323 g/mol. The van der Waals surface area contributed by atoms with Crippen molar-refractivity contribution in [2.75, 3.05) is 6.61 Å². The number of ether oxygens (including phenoxy) is 1. The van der Waals surface area contributed by atoms with Gasteiger partial charge in [0.15, 0.2) is 17.3 Å². The molecular formula is C17H14Cl2O3. The highest BCUT2D eigenvalue weighted by molar-refractivity contribution is 6.42. The first-order chi connectivity index (χ1) is 10.5. The standard InChI is InChI=1S/C17H14Cl2O3/c1-2-22-17-9-11(4-8-16(17)21)3-7-15(20)12-5-6-13(18)14(19)10-12/h3-10,21H,2H2,1H3. The second kappa shape index (κ2) is 7.34. The van der Waals surface area contributed by atoms with Gasteiger partial charge in [-0.05, 0) is 48.9 Å². The van der Waals surface area contributed by atoms with E-state index in [2.05, 4.69) is 0 Å². The van der Waals surface area contributed by atoms with E-state index in [0.717, 1.165) is 5.56 Å². The van der Waals surface area contributed by atoms with Crippen LogP contribution >= 0.6 is 23.2 Å². The van der Waals surface area contributed by atoms with Gasteiger partial charge >= 0.3 is 0 Å². The maximum atomic E-state index is 12.1.